The van der Waals surface area contributed by atoms with Gasteiger partial charge in [0.2, 0.25) is 0 Å². The zero-order valence-corrected chi connectivity index (χ0v) is 19.3. The number of halogens is 2. The minimum Gasteiger partial charge on any atom is -0.378 e. The van der Waals surface area contributed by atoms with Crippen molar-refractivity contribution in [3.63, 3.8) is 0 Å². The molecular formula is C23H25ClFN5O2. The first kappa shape index (κ1) is 23.3. The van der Waals surface area contributed by atoms with E-state index in [0.29, 0.717) is 33.0 Å². The van der Waals surface area contributed by atoms with Crippen LogP contribution >= 0.6 is 11.6 Å². The van der Waals surface area contributed by atoms with Crippen molar-refractivity contribution in [1.82, 2.24) is 14.0 Å². The van der Waals surface area contributed by atoms with Gasteiger partial charge in [-0.2, -0.15) is 0 Å². The Morgan fingerprint density at radius 1 is 1.25 bits per heavy atom. The van der Waals surface area contributed by atoms with Crippen molar-refractivity contribution in [2.45, 2.75) is 33.7 Å². The predicted octanol–water partition coefficient (Wildman–Crippen LogP) is 4.59. The molecule has 0 radical (unpaired) electrons. The number of imidazole rings is 1. The molecule has 32 heavy (non-hydrogen) atoms. The van der Waals surface area contributed by atoms with Crippen LogP contribution in [0, 0.1) is 12.7 Å². The molecule has 0 saturated carbocycles. The van der Waals surface area contributed by atoms with Crippen LogP contribution in [0.2, 0.25) is 5.02 Å². The standard InChI is InChI=1S/C21H19ClFN5O2.C2H6/c1-10(26-17-5-4-13(23)8-15(17)19(24)29)14-6-12(22)7-16-18(14)28-9-25-11(2)20(28)27(3)21(16)30;1-2/h4-10,26H,1-3H3,(H2,24,29);1-2H3. The summed E-state index contributed by atoms with van der Waals surface area (Å²) in [5, 5.41) is 4.03. The zero-order valence-electron chi connectivity index (χ0n) is 18.5. The van der Waals surface area contributed by atoms with E-state index in [1.165, 1.54) is 16.7 Å². The molecule has 4 rings (SSSR count). The Morgan fingerprint density at radius 3 is 2.59 bits per heavy atom. The molecule has 1 amide bonds. The van der Waals surface area contributed by atoms with Gasteiger partial charge in [-0.1, -0.05) is 25.4 Å². The van der Waals surface area contributed by atoms with Crippen LogP contribution in [0.1, 0.15) is 48.4 Å². The van der Waals surface area contributed by atoms with Crippen molar-refractivity contribution in [3.8, 4) is 0 Å². The number of nitrogens with two attached hydrogens (primary N) is 1. The molecule has 1 unspecified atom stereocenters. The second-order valence-electron chi connectivity index (χ2n) is 7.20. The monoisotopic (exact) mass is 457 g/mol. The third-order valence-corrected chi connectivity index (χ3v) is 5.42. The Labute approximate surface area is 189 Å². The van der Waals surface area contributed by atoms with Crippen molar-refractivity contribution in [3.05, 3.63) is 74.7 Å². The predicted molar refractivity (Wildman–Crippen MR) is 126 cm³/mol. The number of benzene rings is 2. The third-order valence-electron chi connectivity index (χ3n) is 5.20. The van der Waals surface area contributed by atoms with E-state index >= 15 is 0 Å². The molecule has 4 aromatic rings. The van der Waals surface area contributed by atoms with Crippen LogP contribution in [0.4, 0.5) is 10.1 Å². The average Bonchev–Trinajstić information content (AvgIpc) is 3.15. The van der Waals surface area contributed by atoms with Crippen molar-refractivity contribution in [2.24, 2.45) is 12.8 Å². The largest absolute Gasteiger partial charge is 0.378 e. The van der Waals surface area contributed by atoms with Gasteiger partial charge in [0.1, 0.15) is 17.8 Å². The van der Waals surface area contributed by atoms with Crippen molar-refractivity contribution < 1.29 is 9.18 Å². The number of amides is 1. The molecule has 168 valence electrons. The normalized spacial score (nSPS) is 11.8. The van der Waals surface area contributed by atoms with E-state index in [1.54, 1.807) is 25.5 Å². The van der Waals surface area contributed by atoms with Crippen LogP contribution in [-0.4, -0.2) is 19.9 Å². The summed E-state index contributed by atoms with van der Waals surface area (Å²) >= 11 is 6.33. The summed E-state index contributed by atoms with van der Waals surface area (Å²) in [5.41, 5.74) is 8.38. The van der Waals surface area contributed by atoms with E-state index < -0.39 is 17.8 Å². The molecule has 0 fully saturated rings. The number of rotatable bonds is 4. The second-order valence-corrected chi connectivity index (χ2v) is 7.64. The number of aryl methyl sites for hydroxylation is 2. The number of primary amides is 1. The Balaban J connectivity index is 0.00000141. The highest BCUT2D eigenvalue weighted by Crippen LogP contribution is 2.31. The molecule has 0 aliphatic carbocycles. The fourth-order valence-corrected chi connectivity index (χ4v) is 4.04. The molecule has 2 heterocycles. The smallest absolute Gasteiger partial charge is 0.261 e. The quantitative estimate of drug-likeness (QED) is 0.468. The molecule has 0 spiro atoms. The fraction of sp³-hybridized carbons (Fsp3) is 0.261. The minimum absolute atomic E-state index is 0.0349. The van der Waals surface area contributed by atoms with Crippen molar-refractivity contribution in [2.75, 3.05) is 5.32 Å². The first-order chi connectivity index (χ1) is 15.2. The molecular weight excluding hydrogens is 433 g/mol. The number of carbonyl (C=O) groups excluding carboxylic acids is 1. The average molecular weight is 458 g/mol. The van der Waals surface area contributed by atoms with E-state index in [0.717, 1.165) is 11.6 Å². The molecule has 9 heteroatoms. The highest BCUT2D eigenvalue weighted by molar-refractivity contribution is 6.31. The Hall–Kier alpha value is -3.39. The van der Waals surface area contributed by atoms with Gasteiger partial charge in [0.05, 0.1) is 28.2 Å². The van der Waals surface area contributed by atoms with Crippen LogP contribution in [0.25, 0.3) is 16.6 Å². The highest BCUT2D eigenvalue weighted by atomic mass is 35.5. The van der Waals surface area contributed by atoms with Crippen LogP contribution < -0.4 is 16.6 Å². The molecule has 1 atom stereocenters. The van der Waals surface area contributed by atoms with Crippen LogP contribution in [0.15, 0.2) is 41.5 Å². The van der Waals surface area contributed by atoms with Gasteiger partial charge < -0.3 is 11.1 Å². The third kappa shape index (κ3) is 3.93. The molecule has 0 saturated heterocycles. The topological polar surface area (TPSA) is 94.4 Å². The number of anilines is 1. The van der Waals surface area contributed by atoms with Gasteiger partial charge in [-0.25, -0.2) is 9.37 Å². The number of hydrogen-bond donors (Lipinski definition) is 2. The molecule has 0 aliphatic heterocycles. The molecule has 2 aromatic carbocycles. The van der Waals surface area contributed by atoms with Gasteiger partial charge in [0.25, 0.3) is 11.5 Å². The zero-order chi connectivity index (χ0) is 23.7. The van der Waals surface area contributed by atoms with E-state index in [2.05, 4.69) is 10.3 Å². The summed E-state index contributed by atoms with van der Waals surface area (Å²) < 4.78 is 17.0. The van der Waals surface area contributed by atoms with E-state index in [1.807, 2.05) is 32.1 Å². The number of aromatic nitrogens is 3. The molecule has 3 N–H and O–H groups in total. The van der Waals surface area contributed by atoms with E-state index in [-0.39, 0.29) is 11.1 Å². The number of nitrogens with zero attached hydrogens (tertiary/aromatic N) is 3. The molecule has 0 bridgehead atoms. The number of fused-ring (bicyclic) bond motifs is 3. The van der Waals surface area contributed by atoms with Crippen molar-refractivity contribution >= 4 is 39.7 Å². The summed E-state index contributed by atoms with van der Waals surface area (Å²) in [7, 11) is 1.69. The second kappa shape index (κ2) is 9.00. The summed E-state index contributed by atoms with van der Waals surface area (Å²) in [6, 6.07) is 6.76. The molecule has 7 nitrogen and oxygen atoms in total. The minimum atomic E-state index is -0.748. The maximum absolute atomic E-state index is 13.6. The van der Waals surface area contributed by atoms with Gasteiger partial charge in [-0.05, 0) is 44.2 Å². The SMILES string of the molecule is CC.Cc1ncn2c3c(C(C)Nc4ccc(F)cc4C(N)=O)cc(Cl)cc3c(=O)n(C)c12. The first-order valence-corrected chi connectivity index (χ1v) is 10.6. The van der Waals surface area contributed by atoms with Crippen LogP contribution in [0.5, 0.6) is 0 Å². The summed E-state index contributed by atoms with van der Waals surface area (Å²) in [6.45, 7) is 7.68. The van der Waals surface area contributed by atoms with Gasteiger partial charge in [-0.15, -0.1) is 0 Å². The number of nitrogens with one attached hydrogen (secondary N) is 1. The summed E-state index contributed by atoms with van der Waals surface area (Å²) in [5.74, 6) is -1.31. The van der Waals surface area contributed by atoms with Gasteiger partial charge >= 0.3 is 0 Å². The maximum Gasteiger partial charge on any atom is 0.261 e. The Kier molecular flexibility index (Phi) is 6.55. The number of hydrogen-bond acceptors (Lipinski definition) is 4. The van der Waals surface area contributed by atoms with Gasteiger partial charge in [-0.3, -0.25) is 18.6 Å². The van der Waals surface area contributed by atoms with Crippen LogP contribution in [0.3, 0.4) is 0 Å². The highest BCUT2D eigenvalue weighted by Gasteiger charge is 2.20. The fourth-order valence-electron chi connectivity index (χ4n) is 3.82. The lowest BCUT2D eigenvalue weighted by Gasteiger charge is -2.21. The van der Waals surface area contributed by atoms with Gasteiger partial charge in [0, 0.05) is 23.3 Å². The Bertz CT molecular complexity index is 1390. The first-order valence-electron chi connectivity index (χ1n) is 10.2. The van der Waals surface area contributed by atoms with E-state index in [4.69, 9.17) is 17.3 Å². The lowest BCUT2D eigenvalue weighted by molar-refractivity contribution is 0.100. The lowest BCUT2D eigenvalue weighted by Crippen LogP contribution is -2.22. The maximum atomic E-state index is 13.6. The molecule has 0 aliphatic rings. The van der Waals surface area contributed by atoms with Crippen LogP contribution in [-0.2, 0) is 7.05 Å². The van der Waals surface area contributed by atoms with Crippen molar-refractivity contribution in [1.29, 1.82) is 0 Å². The molecule has 2 aromatic heterocycles. The Morgan fingerprint density at radius 2 is 1.94 bits per heavy atom. The summed E-state index contributed by atoms with van der Waals surface area (Å²) in [6.07, 6.45) is 1.66. The number of carbonyl (C=O) groups is 1. The summed E-state index contributed by atoms with van der Waals surface area (Å²) in [4.78, 5) is 29.1. The van der Waals surface area contributed by atoms with Gasteiger partial charge in [0.15, 0.2) is 0 Å². The van der Waals surface area contributed by atoms with E-state index in [9.17, 15) is 14.0 Å². The lowest BCUT2D eigenvalue weighted by atomic mass is 10.0.